The number of piperidine rings is 1. The van der Waals surface area contributed by atoms with Gasteiger partial charge in [0.1, 0.15) is 11.6 Å². The van der Waals surface area contributed by atoms with Crippen LogP contribution in [-0.2, 0) is 14.8 Å². The molecule has 0 unspecified atom stereocenters. The molecule has 7 nitrogen and oxygen atoms in total. The first-order chi connectivity index (χ1) is 13.3. The Morgan fingerprint density at radius 3 is 2.54 bits per heavy atom. The average Bonchev–Trinajstić information content (AvgIpc) is 2.63. The lowest BCUT2D eigenvalue weighted by Crippen LogP contribution is -2.46. The molecule has 28 heavy (non-hydrogen) atoms. The zero-order valence-corrected chi connectivity index (χ0v) is 16.4. The number of nitrogens with zero attached hydrogens (tertiary/aromatic N) is 2. The van der Waals surface area contributed by atoms with Crippen molar-refractivity contribution in [2.24, 2.45) is 5.92 Å². The van der Waals surface area contributed by atoms with E-state index in [0.717, 1.165) is 19.1 Å². The second-order valence-electron chi connectivity index (χ2n) is 6.96. The van der Waals surface area contributed by atoms with Crippen LogP contribution in [-0.4, -0.2) is 43.7 Å². The van der Waals surface area contributed by atoms with Gasteiger partial charge >= 0.3 is 0 Å². The Morgan fingerprint density at radius 1 is 1.21 bits per heavy atom. The van der Waals surface area contributed by atoms with Crippen molar-refractivity contribution in [3.8, 4) is 11.1 Å². The highest BCUT2D eigenvalue weighted by molar-refractivity contribution is 7.88. The van der Waals surface area contributed by atoms with E-state index in [9.17, 15) is 17.6 Å². The Hall–Kier alpha value is -2.36. The van der Waals surface area contributed by atoms with Crippen LogP contribution in [0.4, 0.5) is 10.2 Å². The van der Waals surface area contributed by atoms with E-state index >= 15 is 0 Å². The van der Waals surface area contributed by atoms with Crippen LogP contribution < -0.4 is 10.1 Å². The quantitative estimate of drug-likeness (QED) is 0.769. The first-order valence-electron chi connectivity index (χ1n) is 9.03. The van der Waals surface area contributed by atoms with Gasteiger partial charge in [-0.1, -0.05) is 18.2 Å². The number of carbonyl (C=O) groups excluding carboxylic acids is 1. The monoisotopic (exact) mass is 406 g/mol. The van der Waals surface area contributed by atoms with E-state index in [1.165, 1.54) is 12.3 Å². The zero-order valence-electron chi connectivity index (χ0n) is 15.6. The molecule has 1 saturated heterocycles. The molecule has 0 atom stereocenters. The van der Waals surface area contributed by atoms with Crippen LogP contribution in [0.1, 0.15) is 19.3 Å². The van der Waals surface area contributed by atoms with Gasteiger partial charge < -0.3 is 5.32 Å². The van der Waals surface area contributed by atoms with Gasteiger partial charge in [0.15, 0.2) is 0 Å². The molecule has 0 radical (unpaired) electrons. The van der Waals surface area contributed by atoms with Crippen LogP contribution in [0.25, 0.3) is 11.1 Å². The number of hydrogen-bond acceptors (Lipinski definition) is 5. The summed E-state index contributed by atoms with van der Waals surface area (Å²) in [7, 11) is -3.27. The number of nitrogens with one attached hydrogen (secondary N) is 2. The number of rotatable bonds is 6. The summed E-state index contributed by atoms with van der Waals surface area (Å²) in [6, 6.07) is 9.82. The average molecular weight is 406 g/mol. The Morgan fingerprint density at radius 2 is 1.93 bits per heavy atom. The molecule has 0 saturated carbocycles. The second-order valence-corrected chi connectivity index (χ2v) is 8.69. The number of hydrazine groups is 1. The highest BCUT2D eigenvalue weighted by Gasteiger charge is 2.23. The molecule has 3 rings (SSSR count). The number of halogens is 1. The van der Waals surface area contributed by atoms with Crippen LogP contribution in [0.2, 0.25) is 0 Å². The van der Waals surface area contributed by atoms with E-state index in [0.29, 0.717) is 36.5 Å². The topological polar surface area (TPSA) is 91.4 Å². The molecule has 0 spiro atoms. The van der Waals surface area contributed by atoms with Gasteiger partial charge in [0.25, 0.3) is 0 Å². The van der Waals surface area contributed by atoms with Crippen molar-refractivity contribution in [3.05, 3.63) is 48.4 Å². The maximum absolute atomic E-state index is 13.8. The van der Waals surface area contributed by atoms with Gasteiger partial charge in [-0.2, -0.15) is 0 Å². The van der Waals surface area contributed by atoms with Crippen molar-refractivity contribution in [1.82, 2.24) is 14.8 Å². The number of hydrogen-bond donors (Lipinski definition) is 2. The summed E-state index contributed by atoms with van der Waals surface area (Å²) >= 11 is 0. The third-order valence-electron chi connectivity index (χ3n) is 4.60. The van der Waals surface area contributed by atoms with Gasteiger partial charge in [0.05, 0.1) is 6.26 Å². The number of pyridine rings is 1. The highest BCUT2D eigenvalue weighted by Crippen LogP contribution is 2.23. The van der Waals surface area contributed by atoms with Crippen molar-refractivity contribution in [2.75, 3.05) is 24.7 Å². The van der Waals surface area contributed by atoms with E-state index < -0.39 is 10.0 Å². The number of amides is 1. The Bertz CT molecular complexity index is 926. The molecule has 1 aromatic heterocycles. The summed E-state index contributed by atoms with van der Waals surface area (Å²) in [6.07, 6.45) is 4.47. The van der Waals surface area contributed by atoms with Crippen LogP contribution in [0.5, 0.6) is 0 Å². The molecule has 1 amide bonds. The fourth-order valence-electron chi connectivity index (χ4n) is 3.24. The lowest BCUT2D eigenvalue weighted by Gasteiger charge is -2.31. The molecule has 1 aliphatic heterocycles. The van der Waals surface area contributed by atoms with Crippen LogP contribution in [0, 0.1) is 11.7 Å². The molecular weight excluding hydrogens is 383 g/mol. The first-order valence-corrected chi connectivity index (χ1v) is 10.9. The van der Waals surface area contributed by atoms with Gasteiger partial charge in [0, 0.05) is 36.8 Å². The minimum absolute atomic E-state index is 0.138. The molecule has 1 aliphatic rings. The zero-order chi connectivity index (χ0) is 20.1. The summed E-state index contributed by atoms with van der Waals surface area (Å²) in [5.41, 5.74) is 1.10. The van der Waals surface area contributed by atoms with Crippen molar-refractivity contribution in [2.45, 2.75) is 19.3 Å². The number of benzene rings is 1. The molecular formula is C19H23FN4O3S. The maximum atomic E-state index is 13.8. The fraction of sp³-hybridized carbons (Fsp3) is 0.368. The number of anilines is 1. The van der Waals surface area contributed by atoms with Crippen LogP contribution in [0.15, 0.2) is 42.6 Å². The third kappa shape index (κ3) is 5.82. The van der Waals surface area contributed by atoms with Crippen molar-refractivity contribution in [1.29, 1.82) is 0 Å². The van der Waals surface area contributed by atoms with Crippen molar-refractivity contribution < 1.29 is 17.6 Å². The van der Waals surface area contributed by atoms with E-state index in [1.54, 1.807) is 35.3 Å². The normalized spacial score (nSPS) is 16.1. The highest BCUT2D eigenvalue weighted by atomic mass is 32.2. The van der Waals surface area contributed by atoms with E-state index in [-0.39, 0.29) is 17.6 Å². The molecule has 150 valence electrons. The fourth-order valence-corrected chi connectivity index (χ4v) is 3.89. The SMILES string of the molecule is CS(=O)(=O)NN1CCC(CC(=O)Nc2ccc(-c3ccccc3F)cn2)CC1. The summed E-state index contributed by atoms with van der Waals surface area (Å²) in [5.74, 6) is 0.148. The second kappa shape index (κ2) is 8.76. The van der Waals surface area contributed by atoms with Gasteiger partial charge in [-0.25, -0.2) is 22.8 Å². The lowest BCUT2D eigenvalue weighted by atomic mass is 9.94. The standard InChI is InChI=1S/C19H23FN4O3S/c1-28(26,27)23-24-10-8-14(9-11-24)12-19(25)22-18-7-6-15(13-21-18)16-4-2-3-5-17(16)20/h2-7,13-14,23H,8-12H2,1H3,(H,21,22,25). The van der Waals surface area contributed by atoms with E-state index in [2.05, 4.69) is 15.1 Å². The maximum Gasteiger partial charge on any atom is 0.225 e. The minimum atomic E-state index is -3.27. The largest absolute Gasteiger partial charge is 0.311 e. The Labute approximate surface area is 164 Å². The number of aromatic nitrogens is 1. The minimum Gasteiger partial charge on any atom is -0.311 e. The summed E-state index contributed by atoms with van der Waals surface area (Å²) in [4.78, 5) is 18.9. The molecule has 0 aliphatic carbocycles. The van der Waals surface area contributed by atoms with E-state index in [4.69, 9.17) is 0 Å². The molecule has 1 fully saturated rings. The van der Waals surface area contributed by atoms with E-state index in [1.807, 2.05) is 0 Å². The molecule has 2 aromatic rings. The molecule has 2 N–H and O–H groups in total. The third-order valence-corrected chi connectivity index (χ3v) is 5.19. The first kappa shape index (κ1) is 20.4. The van der Waals surface area contributed by atoms with Gasteiger partial charge in [-0.15, -0.1) is 4.83 Å². The van der Waals surface area contributed by atoms with Crippen molar-refractivity contribution in [3.63, 3.8) is 0 Å². The van der Waals surface area contributed by atoms with Gasteiger partial charge in [-0.05, 0) is 37.0 Å². The number of sulfonamides is 1. The molecule has 2 heterocycles. The van der Waals surface area contributed by atoms with Crippen molar-refractivity contribution >= 4 is 21.7 Å². The summed E-state index contributed by atoms with van der Waals surface area (Å²) in [6.45, 7) is 1.14. The molecule has 9 heteroatoms. The summed E-state index contributed by atoms with van der Waals surface area (Å²) < 4.78 is 36.3. The smallest absolute Gasteiger partial charge is 0.225 e. The van der Waals surface area contributed by atoms with Gasteiger partial charge in [0.2, 0.25) is 15.9 Å². The van der Waals surface area contributed by atoms with Gasteiger partial charge in [-0.3, -0.25) is 4.79 Å². The predicted molar refractivity (Wildman–Crippen MR) is 105 cm³/mol. The van der Waals surface area contributed by atoms with Crippen LogP contribution in [0.3, 0.4) is 0 Å². The molecule has 0 bridgehead atoms. The predicted octanol–water partition coefficient (Wildman–Crippen LogP) is 2.39. The Balaban J connectivity index is 1.50. The summed E-state index contributed by atoms with van der Waals surface area (Å²) in [5, 5.41) is 4.42. The van der Waals surface area contributed by atoms with Crippen LogP contribution >= 0.6 is 0 Å². The Kier molecular flexibility index (Phi) is 6.38. The molecule has 1 aromatic carbocycles. The number of carbonyl (C=O) groups is 1. The lowest BCUT2D eigenvalue weighted by molar-refractivity contribution is -0.117.